The molecule has 1 heterocycles. The van der Waals surface area contributed by atoms with E-state index in [9.17, 15) is 9.59 Å². The first kappa shape index (κ1) is 19.3. The minimum atomic E-state index is -0.542. The monoisotopic (exact) mass is 396 g/mol. The maximum absolute atomic E-state index is 12.6. The number of esters is 1. The third-order valence-electron chi connectivity index (χ3n) is 3.93. The van der Waals surface area contributed by atoms with Crippen molar-refractivity contribution in [3.63, 3.8) is 0 Å². The van der Waals surface area contributed by atoms with Crippen LogP contribution >= 0.6 is 11.6 Å². The van der Waals surface area contributed by atoms with Gasteiger partial charge in [-0.15, -0.1) is 0 Å². The number of rotatable bonds is 5. The first-order valence-corrected chi connectivity index (χ1v) is 8.69. The van der Waals surface area contributed by atoms with E-state index in [4.69, 9.17) is 16.3 Å². The van der Waals surface area contributed by atoms with E-state index in [1.807, 2.05) is 19.1 Å². The van der Waals surface area contributed by atoms with Crippen molar-refractivity contribution in [1.82, 2.24) is 9.97 Å². The summed E-state index contributed by atoms with van der Waals surface area (Å²) in [5.41, 5.74) is 2.47. The predicted octanol–water partition coefficient (Wildman–Crippen LogP) is 4.22. The fourth-order valence-corrected chi connectivity index (χ4v) is 2.75. The van der Waals surface area contributed by atoms with Gasteiger partial charge in [0.05, 0.1) is 18.4 Å². The number of halogens is 1. The molecule has 0 unspecified atom stereocenters. The highest BCUT2D eigenvalue weighted by Crippen LogP contribution is 2.23. The average molecular weight is 397 g/mol. The lowest BCUT2D eigenvalue weighted by Crippen LogP contribution is -2.17. The van der Waals surface area contributed by atoms with Gasteiger partial charge in [0.15, 0.2) is 0 Å². The van der Waals surface area contributed by atoms with Gasteiger partial charge in [-0.2, -0.15) is 0 Å². The number of aryl methyl sites for hydroxylation is 1. The van der Waals surface area contributed by atoms with Gasteiger partial charge in [-0.1, -0.05) is 23.7 Å². The molecule has 8 heteroatoms. The topological polar surface area (TPSA) is 93.2 Å². The molecule has 0 atom stereocenters. The van der Waals surface area contributed by atoms with E-state index in [1.54, 1.807) is 30.3 Å². The van der Waals surface area contributed by atoms with E-state index < -0.39 is 11.9 Å². The van der Waals surface area contributed by atoms with Crippen LogP contribution in [0.2, 0.25) is 5.02 Å². The number of carbonyl (C=O) groups excluding carboxylic acids is 2. The Balaban J connectivity index is 1.81. The van der Waals surface area contributed by atoms with Gasteiger partial charge in [-0.05, 0) is 42.8 Å². The van der Waals surface area contributed by atoms with E-state index >= 15 is 0 Å². The number of carbonyl (C=O) groups is 2. The minimum Gasteiger partial charge on any atom is -0.465 e. The Hall–Kier alpha value is -3.45. The third kappa shape index (κ3) is 4.44. The lowest BCUT2D eigenvalue weighted by Gasteiger charge is -2.11. The van der Waals surface area contributed by atoms with Crippen LogP contribution in [0.25, 0.3) is 0 Å². The van der Waals surface area contributed by atoms with Crippen molar-refractivity contribution < 1.29 is 14.3 Å². The van der Waals surface area contributed by atoms with Crippen LogP contribution in [0.4, 0.5) is 17.2 Å². The first-order chi connectivity index (χ1) is 13.5. The summed E-state index contributed by atoms with van der Waals surface area (Å²) < 4.78 is 4.73. The summed E-state index contributed by atoms with van der Waals surface area (Å²) in [7, 11) is 1.28. The highest BCUT2D eigenvalue weighted by Gasteiger charge is 2.15. The number of methoxy groups -OCH3 is 1. The Morgan fingerprint density at radius 2 is 1.82 bits per heavy atom. The van der Waals surface area contributed by atoms with Crippen LogP contribution < -0.4 is 10.6 Å². The second kappa shape index (κ2) is 8.49. The van der Waals surface area contributed by atoms with Crippen molar-refractivity contribution >= 4 is 40.7 Å². The Morgan fingerprint density at radius 1 is 1.04 bits per heavy atom. The fraction of sp³-hybridized carbons (Fsp3) is 0.100. The molecule has 3 rings (SSSR count). The van der Waals surface area contributed by atoms with Crippen molar-refractivity contribution in [2.24, 2.45) is 0 Å². The summed E-state index contributed by atoms with van der Waals surface area (Å²) in [5.74, 6) is -0.569. The zero-order valence-electron chi connectivity index (χ0n) is 15.2. The molecule has 0 saturated carbocycles. The summed E-state index contributed by atoms with van der Waals surface area (Å²) in [5, 5.41) is 6.44. The van der Waals surface area contributed by atoms with E-state index in [0.29, 0.717) is 16.5 Å². The maximum atomic E-state index is 12.6. The van der Waals surface area contributed by atoms with Crippen molar-refractivity contribution in [2.75, 3.05) is 17.7 Å². The van der Waals surface area contributed by atoms with E-state index in [1.165, 1.54) is 19.5 Å². The predicted molar refractivity (Wildman–Crippen MR) is 107 cm³/mol. The largest absolute Gasteiger partial charge is 0.465 e. The van der Waals surface area contributed by atoms with E-state index in [2.05, 4.69) is 20.6 Å². The fourth-order valence-electron chi connectivity index (χ4n) is 2.52. The number of ether oxygens (including phenoxy) is 1. The molecule has 0 spiro atoms. The van der Waals surface area contributed by atoms with Crippen molar-refractivity contribution in [2.45, 2.75) is 6.92 Å². The number of nitrogens with one attached hydrogen (secondary N) is 2. The summed E-state index contributed by atoms with van der Waals surface area (Å²) in [6.45, 7) is 1.91. The van der Waals surface area contributed by atoms with Crippen LogP contribution in [0.5, 0.6) is 0 Å². The van der Waals surface area contributed by atoms with E-state index in [-0.39, 0.29) is 11.3 Å². The molecule has 0 saturated heterocycles. The summed E-state index contributed by atoms with van der Waals surface area (Å²) in [4.78, 5) is 32.6. The number of nitrogens with zero attached hydrogens (tertiary/aromatic N) is 2. The average Bonchev–Trinajstić information content (AvgIpc) is 2.70. The number of para-hydroxylation sites is 1. The molecule has 0 aliphatic heterocycles. The normalized spacial score (nSPS) is 10.2. The molecule has 3 aromatic rings. The van der Waals surface area contributed by atoms with Gasteiger partial charge in [0.2, 0.25) is 0 Å². The molecule has 1 aromatic heterocycles. The number of benzene rings is 2. The van der Waals surface area contributed by atoms with Crippen LogP contribution in [-0.4, -0.2) is 29.0 Å². The SMILES string of the molecule is COC(=O)c1ccccc1NC(=O)c1cc(Nc2ccc(Cl)cc2C)ncn1. The van der Waals surface area contributed by atoms with Crippen molar-refractivity contribution in [3.8, 4) is 0 Å². The minimum absolute atomic E-state index is 0.142. The second-order valence-corrected chi connectivity index (χ2v) is 6.30. The summed E-state index contributed by atoms with van der Waals surface area (Å²) in [6.07, 6.45) is 1.29. The lowest BCUT2D eigenvalue weighted by molar-refractivity contribution is 0.0602. The van der Waals surface area contributed by atoms with Crippen LogP contribution in [-0.2, 0) is 4.74 Å². The number of aromatic nitrogens is 2. The molecule has 142 valence electrons. The molecule has 0 aliphatic rings. The van der Waals surface area contributed by atoms with Gasteiger partial charge in [-0.3, -0.25) is 4.79 Å². The van der Waals surface area contributed by atoms with Gasteiger partial charge >= 0.3 is 5.97 Å². The maximum Gasteiger partial charge on any atom is 0.339 e. The van der Waals surface area contributed by atoms with Gasteiger partial charge < -0.3 is 15.4 Å². The zero-order valence-corrected chi connectivity index (χ0v) is 15.9. The Kier molecular flexibility index (Phi) is 5.86. The highest BCUT2D eigenvalue weighted by atomic mass is 35.5. The van der Waals surface area contributed by atoms with Gasteiger partial charge in [0.1, 0.15) is 17.8 Å². The molecule has 0 bridgehead atoms. The van der Waals surface area contributed by atoms with Crippen LogP contribution in [0.1, 0.15) is 26.4 Å². The van der Waals surface area contributed by atoms with Gasteiger partial charge in [0.25, 0.3) is 5.91 Å². The number of anilines is 3. The summed E-state index contributed by atoms with van der Waals surface area (Å²) >= 11 is 5.97. The van der Waals surface area contributed by atoms with Crippen molar-refractivity contribution in [1.29, 1.82) is 0 Å². The van der Waals surface area contributed by atoms with Crippen LogP contribution in [0, 0.1) is 6.92 Å². The molecule has 7 nitrogen and oxygen atoms in total. The summed E-state index contributed by atoms with van der Waals surface area (Å²) in [6, 6.07) is 13.5. The highest BCUT2D eigenvalue weighted by molar-refractivity contribution is 6.30. The molecule has 1 amide bonds. The first-order valence-electron chi connectivity index (χ1n) is 8.32. The third-order valence-corrected chi connectivity index (χ3v) is 4.17. The van der Waals surface area contributed by atoms with Crippen LogP contribution in [0.15, 0.2) is 54.9 Å². The molecule has 28 heavy (non-hydrogen) atoms. The number of hydrogen-bond donors (Lipinski definition) is 2. The molecular weight excluding hydrogens is 380 g/mol. The Bertz CT molecular complexity index is 1040. The number of amides is 1. The van der Waals surface area contributed by atoms with Gasteiger partial charge in [0, 0.05) is 16.8 Å². The second-order valence-electron chi connectivity index (χ2n) is 5.86. The zero-order chi connectivity index (χ0) is 20.1. The van der Waals surface area contributed by atoms with Gasteiger partial charge in [-0.25, -0.2) is 14.8 Å². The molecular formula is C20H17ClN4O3. The smallest absolute Gasteiger partial charge is 0.339 e. The Labute approximate surface area is 166 Å². The quantitative estimate of drug-likeness (QED) is 0.627. The molecule has 0 fully saturated rings. The van der Waals surface area contributed by atoms with E-state index in [0.717, 1.165) is 11.3 Å². The number of hydrogen-bond acceptors (Lipinski definition) is 6. The molecule has 2 aromatic carbocycles. The molecule has 0 radical (unpaired) electrons. The Morgan fingerprint density at radius 3 is 2.57 bits per heavy atom. The lowest BCUT2D eigenvalue weighted by atomic mass is 10.1. The molecule has 2 N–H and O–H groups in total. The van der Waals surface area contributed by atoms with Crippen molar-refractivity contribution in [3.05, 3.63) is 76.7 Å². The van der Waals surface area contributed by atoms with Crippen LogP contribution in [0.3, 0.4) is 0 Å². The standard InChI is InChI=1S/C20H17ClN4O3/c1-12-9-13(21)7-8-15(12)24-18-10-17(22-11-23-18)19(26)25-16-6-4-3-5-14(16)20(27)28-2/h3-11H,1-2H3,(H,25,26)(H,22,23,24). The molecule has 0 aliphatic carbocycles.